The van der Waals surface area contributed by atoms with Gasteiger partial charge in [0.25, 0.3) is 11.5 Å². The van der Waals surface area contributed by atoms with Crippen molar-refractivity contribution >= 4 is 5.91 Å². The average Bonchev–Trinajstić information content (AvgIpc) is 2.52. The van der Waals surface area contributed by atoms with E-state index >= 15 is 0 Å². The molecule has 0 spiro atoms. The summed E-state index contributed by atoms with van der Waals surface area (Å²) in [6, 6.07) is 10.6. The molecule has 1 amide bonds. The Morgan fingerprint density at radius 2 is 1.91 bits per heavy atom. The van der Waals surface area contributed by atoms with Gasteiger partial charge >= 0.3 is 0 Å². The Balaban J connectivity index is 2.18. The highest BCUT2D eigenvalue weighted by Crippen LogP contribution is 2.20. The fourth-order valence-corrected chi connectivity index (χ4v) is 2.24. The van der Waals surface area contributed by atoms with Crippen LogP contribution in [0.15, 0.2) is 41.2 Å². The first-order valence-electron chi connectivity index (χ1n) is 7.20. The second-order valence-corrected chi connectivity index (χ2v) is 5.09. The molecule has 0 unspecified atom stereocenters. The van der Waals surface area contributed by atoms with Gasteiger partial charge in [0, 0.05) is 5.69 Å². The number of methoxy groups -OCH3 is 1. The molecule has 2 aromatic rings. The lowest BCUT2D eigenvalue weighted by molar-refractivity contribution is 0.0934. The molecule has 0 saturated heterocycles. The van der Waals surface area contributed by atoms with Gasteiger partial charge in [-0.05, 0) is 43.2 Å². The Morgan fingerprint density at radius 3 is 2.45 bits per heavy atom. The normalized spacial score (nSPS) is 11.8. The van der Waals surface area contributed by atoms with Crippen molar-refractivity contribution in [3.05, 3.63) is 63.6 Å². The molecule has 116 valence electrons. The number of aromatic amines is 1. The smallest absolute Gasteiger partial charge is 0.260 e. The summed E-state index contributed by atoms with van der Waals surface area (Å²) in [5, 5.41) is 2.90. The minimum Gasteiger partial charge on any atom is -0.497 e. The third-order valence-electron chi connectivity index (χ3n) is 3.53. The summed E-state index contributed by atoms with van der Waals surface area (Å²) >= 11 is 0. The summed E-state index contributed by atoms with van der Waals surface area (Å²) in [5.74, 6) is 0.392. The number of aryl methyl sites for hydroxylation is 1. The number of benzene rings is 1. The van der Waals surface area contributed by atoms with Crippen molar-refractivity contribution in [2.75, 3.05) is 7.11 Å². The molecule has 0 aliphatic heterocycles. The predicted octanol–water partition coefficient (Wildman–Crippen LogP) is 2.57. The van der Waals surface area contributed by atoms with Crippen molar-refractivity contribution in [3.63, 3.8) is 0 Å². The molecule has 0 aliphatic carbocycles. The van der Waals surface area contributed by atoms with Crippen molar-refractivity contribution in [1.29, 1.82) is 0 Å². The second kappa shape index (κ2) is 6.93. The Morgan fingerprint density at radius 1 is 1.23 bits per heavy atom. The minimum atomic E-state index is -0.373. The molecular weight excluding hydrogens is 280 g/mol. The molecule has 5 heteroatoms. The lowest BCUT2D eigenvalue weighted by Gasteiger charge is -2.17. The fraction of sp³-hybridized carbons (Fsp3) is 0.294. The van der Waals surface area contributed by atoms with Crippen LogP contribution in [0.5, 0.6) is 5.75 Å². The van der Waals surface area contributed by atoms with Crippen molar-refractivity contribution in [2.24, 2.45) is 0 Å². The molecule has 5 nitrogen and oxygen atoms in total. The quantitative estimate of drug-likeness (QED) is 0.891. The second-order valence-electron chi connectivity index (χ2n) is 5.09. The number of pyridine rings is 1. The molecule has 2 rings (SSSR count). The standard InChI is InChI=1S/C17H20N2O3/c1-4-15(12-6-8-13(22-3)9-7-12)19-17(21)14-10-5-11(2)18-16(14)20/h5-10,15H,4H2,1-3H3,(H,18,20)(H,19,21)/t15-/m1/s1. The van der Waals surface area contributed by atoms with Crippen LogP contribution in [0.1, 0.15) is 41.0 Å². The van der Waals surface area contributed by atoms with Crippen LogP contribution in [0, 0.1) is 6.92 Å². The highest BCUT2D eigenvalue weighted by molar-refractivity contribution is 5.94. The molecule has 0 radical (unpaired) electrons. The Labute approximate surface area is 129 Å². The van der Waals surface area contributed by atoms with Crippen LogP contribution in [0.4, 0.5) is 0 Å². The number of aromatic nitrogens is 1. The van der Waals surface area contributed by atoms with Crippen LogP contribution >= 0.6 is 0 Å². The summed E-state index contributed by atoms with van der Waals surface area (Å²) in [6.07, 6.45) is 0.724. The van der Waals surface area contributed by atoms with E-state index < -0.39 is 0 Å². The first-order valence-corrected chi connectivity index (χ1v) is 7.20. The van der Waals surface area contributed by atoms with Crippen LogP contribution in [0.3, 0.4) is 0 Å². The van der Waals surface area contributed by atoms with Crippen LogP contribution in [0.25, 0.3) is 0 Å². The number of hydrogen-bond donors (Lipinski definition) is 2. The third kappa shape index (κ3) is 3.55. The van der Waals surface area contributed by atoms with Gasteiger partial charge in [-0.15, -0.1) is 0 Å². The summed E-state index contributed by atoms with van der Waals surface area (Å²) in [5.41, 5.74) is 1.45. The molecule has 1 atom stereocenters. The summed E-state index contributed by atoms with van der Waals surface area (Å²) in [7, 11) is 1.61. The Kier molecular flexibility index (Phi) is 4.99. The van der Waals surface area contributed by atoms with Crippen molar-refractivity contribution in [2.45, 2.75) is 26.3 Å². The highest BCUT2D eigenvalue weighted by atomic mass is 16.5. The SMILES string of the molecule is CC[C@@H](NC(=O)c1ccc(C)[nH]c1=O)c1ccc(OC)cc1. The van der Waals surface area contributed by atoms with Gasteiger partial charge in [-0.3, -0.25) is 9.59 Å². The maximum absolute atomic E-state index is 12.3. The molecule has 1 heterocycles. The van der Waals surface area contributed by atoms with Gasteiger partial charge in [-0.1, -0.05) is 19.1 Å². The number of nitrogens with one attached hydrogen (secondary N) is 2. The molecule has 1 aromatic heterocycles. The summed E-state index contributed by atoms with van der Waals surface area (Å²) in [4.78, 5) is 26.8. The number of hydrogen-bond acceptors (Lipinski definition) is 3. The largest absolute Gasteiger partial charge is 0.497 e. The van der Waals surface area contributed by atoms with Gasteiger partial charge in [0.1, 0.15) is 11.3 Å². The van der Waals surface area contributed by atoms with Crippen molar-refractivity contribution < 1.29 is 9.53 Å². The topological polar surface area (TPSA) is 71.2 Å². The van der Waals surface area contributed by atoms with Crippen molar-refractivity contribution in [3.8, 4) is 5.75 Å². The van der Waals surface area contributed by atoms with Crippen LogP contribution in [0.2, 0.25) is 0 Å². The molecule has 22 heavy (non-hydrogen) atoms. The molecule has 0 saturated carbocycles. The molecule has 0 aliphatic rings. The Hall–Kier alpha value is -2.56. The summed E-state index contributed by atoms with van der Waals surface area (Å²) in [6.45, 7) is 3.75. The summed E-state index contributed by atoms with van der Waals surface area (Å²) < 4.78 is 5.13. The van der Waals surface area contributed by atoms with E-state index in [2.05, 4.69) is 10.3 Å². The lowest BCUT2D eigenvalue weighted by atomic mass is 10.0. The zero-order valence-corrected chi connectivity index (χ0v) is 13.0. The van der Waals surface area contributed by atoms with Crippen molar-refractivity contribution in [1.82, 2.24) is 10.3 Å². The van der Waals surface area contributed by atoms with E-state index in [1.54, 1.807) is 26.2 Å². The van der Waals surface area contributed by atoms with E-state index in [1.807, 2.05) is 31.2 Å². The van der Waals surface area contributed by atoms with Crippen LogP contribution < -0.4 is 15.6 Å². The van der Waals surface area contributed by atoms with E-state index in [-0.39, 0.29) is 23.1 Å². The average molecular weight is 300 g/mol. The molecule has 2 N–H and O–H groups in total. The number of amides is 1. The number of rotatable bonds is 5. The number of carbonyl (C=O) groups excluding carboxylic acids is 1. The van der Waals surface area contributed by atoms with Gasteiger partial charge in [-0.25, -0.2) is 0 Å². The number of H-pyrrole nitrogens is 1. The molecular formula is C17H20N2O3. The molecule has 0 bridgehead atoms. The van der Waals surface area contributed by atoms with E-state index in [9.17, 15) is 9.59 Å². The first-order chi connectivity index (χ1) is 10.5. The number of ether oxygens (including phenoxy) is 1. The fourth-order valence-electron chi connectivity index (χ4n) is 2.24. The van der Waals surface area contributed by atoms with Gasteiger partial charge in [0.05, 0.1) is 13.2 Å². The maximum atomic E-state index is 12.3. The van der Waals surface area contributed by atoms with E-state index in [4.69, 9.17) is 4.74 Å². The van der Waals surface area contributed by atoms with Crippen LogP contribution in [-0.4, -0.2) is 18.0 Å². The van der Waals surface area contributed by atoms with E-state index in [0.29, 0.717) is 0 Å². The van der Waals surface area contributed by atoms with E-state index in [1.165, 1.54) is 0 Å². The van der Waals surface area contributed by atoms with Gasteiger partial charge in [0.2, 0.25) is 0 Å². The lowest BCUT2D eigenvalue weighted by Crippen LogP contribution is -2.32. The predicted molar refractivity (Wildman–Crippen MR) is 85.3 cm³/mol. The number of carbonyl (C=O) groups is 1. The Bertz CT molecular complexity index is 705. The zero-order chi connectivity index (χ0) is 16.1. The van der Waals surface area contributed by atoms with E-state index in [0.717, 1.165) is 23.4 Å². The van der Waals surface area contributed by atoms with Gasteiger partial charge in [0.15, 0.2) is 0 Å². The highest BCUT2D eigenvalue weighted by Gasteiger charge is 2.16. The molecule has 1 aromatic carbocycles. The van der Waals surface area contributed by atoms with Crippen LogP contribution in [-0.2, 0) is 0 Å². The first kappa shape index (κ1) is 15.8. The zero-order valence-electron chi connectivity index (χ0n) is 13.0. The maximum Gasteiger partial charge on any atom is 0.260 e. The monoisotopic (exact) mass is 300 g/mol. The van der Waals surface area contributed by atoms with Gasteiger partial charge in [-0.2, -0.15) is 0 Å². The molecule has 0 fully saturated rings. The van der Waals surface area contributed by atoms with Gasteiger partial charge < -0.3 is 15.0 Å². The minimum absolute atomic E-state index is 0.123. The third-order valence-corrected chi connectivity index (χ3v) is 3.53.